The molecule has 1 aliphatic rings. The number of carbonyl (C=O) groups is 2. The minimum atomic E-state index is -0.546. The van der Waals surface area contributed by atoms with E-state index in [1.165, 1.54) is 11.3 Å². The molecule has 0 spiro atoms. The Kier molecular flexibility index (Phi) is 7.73. The lowest BCUT2D eigenvalue weighted by atomic mass is 10.0. The number of amides is 2. The number of anilines is 1. The Balaban J connectivity index is 1.61. The molecule has 0 unspecified atom stereocenters. The zero-order chi connectivity index (χ0) is 25.2. The van der Waals surface area contributed by atoms with Crippen molar-refractivity contribution in [2.75, 3.05) is 18.4 Å². The maximum absolute atomic E-state index is 12.8. The monoisotopic (exact) mass is 515 g/mol. The Morgan fingerprint density at radius 1 is 1.29 bits per heavy atom. The van der Waals surface area contributed by atoms with Crippen LogP contribution in [0.2, 0.25) is 0 Å². The van der Waals surface area contributed by atoms with E-state index in [9.17, 15) is 9.59 Å². The second-order valence-electron chi connectivity index (χ2n) is 9.78. The lowest BCUT2D eigenvalue weighted by Crippen LogP contribution is -2.39. The molecule has 0 saturated carbocycles. The molecule has 1 atom stereocenters. The minimum Gasteiger partial charge on any atom is -0.444 e. The highest BCUT2D eigenvalue weighted by Crippen LogP contribution is 2.45. The molecular weight excluding hydrogens is 482 g/mol. The fourth-order valence-electron chi connectivity index (χ4n) is 3.85. The largest absolute Gasteiger partial charge is 0.444 e. The Labute approximate surface area is 214 Å². The van der Waals surface area contributed by atoms with Gasteiger partial charge in [-0.15, -0.1) is 22.7 Å². The highest BCUT2D eigenvalue weighted by Gasteiger charge is 2.31. The third-order valence-corrected chi connectivity index (χ3v) is 8.01. The summed E-state index contributed by atoms with van der Waals surface area (Å²) in [6.07, 6.45) is 5.30. The van der Waals surface area contributed by atoms with Gasteiger partial charge in [0.2, 0.25) is 5.91 Å². The van der Waals surface area contributed by atoms with Crippen LogP contribution in [0.4, 0.5) is 9.80 Å². The lowest BCUT2D eigenvalue weighted by molar-refractivity contribution is -0.116. The van der Waals surface area contributed by atoms with E-state index < -0.39 is 5.60 Å². The molecule has 3 aromatic heterocycles. The summed E-state index contributed by atoms with van der Waals surface area (Å²) in [7, 11) is 0. The number of ether oxygens (including phenoxy) is 1. The maximum atomic E-state index is 12.8. The minimum absolute atomic E-state index is 0.0348. The predicted molar refractivity (Wildman–Crippen MR) is 142 cm³/mol. The van der Waals surface area contributed by atoms with Crippen LogP contribution in [0.25, 0.3) is 20.8 Å². The van der Waals surface area contributed by atoms with Gasteiger partial charge in [0.1, 0.15) is 21.1 Å². The van der Waals surface area contributed by atoms with Crippen molar-refractivity contribution in [3.63, 3.8) is 0 Å². The van der Waals surface area contributed by atoms with Crippen LogP contribution >= 0.6 is 22.7 Å². The third-order valence-electron chi connectivity index (χ3n) is 5.82. The zero-order valence-corrected chi connectivity index (χ0v) is 22.6. The van der Waals surface area contributed by atoms with Crippen molar-refractivity contribution in [2.24, 2.45) is 0 Å². The van der Waals surface area contributed by atoms with Gasteiger partial charge in [-0.3, -0.25) is 9.78 Å². The number of pyridine rings is 1. The number of thiophene rings is 1. The van der Waals surface area contributed by atoms with Crippen LogP contribution in [0.1, 0.15) is 57.9 Å². The maximum Gasteiger partial charge on any atom is 0.410 e. The third kappa shape index (κ3) is 6.17. The molecule has 4 heterocycles. The first-order valence-corrected chi connectivity index (χ1v) is 13.6. The van der Waals surface area contributed by atoms with Crippen molar-refractivity contribution in [1.29, 1.82) is 0 Å². The predicted octanol–water partition coefficient (Wildman–Crippen LogP) is 5.43. The highest BCUT2D eigenvalue weighted by atomic mass is 32.1. The standard InChI is InChI=1S/C25H33N5O3S2/c1-6-15(2)27-11-8-20(31)29-23-21(22-28-17-13-26-10-7-18(17)34-22)16-9-12-30(14-19(16)35-23)24(32)33-25(3,4)5/h7,10,13,15,27H,6,8-9,11-12,14H2,1-5H3,(H,29,31)/t15-/m0/s1. The molecule has 8 nitrogen and oxygen atoms in total. The SMILES string of the molecule is CC[C@H](C)NCCC(=O)Nc1sc2c(c1-c1nc3cnccc3s1)CCN(C(=O)OC(C)(C)C)C2. The van der Waals surface area contributed by atoms with Gasteiger partial charge in [0.25, 0.3) is 0 Å². The highest BCUT2D eigenvalue weighted by molar-refractivity contribution is 7.22. The molecule has 0 aliphatic carbocycles. The van der Waals surface area contributed by atoms with Crippen molar-refractivity contribution in [2.45, 2.75) is 72.1 Å². The van der Waals surface area contributed by atoms with Crippen molar-refractivity contribution >= 4 is 49.9 Å². The molecule has 0 radical (unpaired) electrons. The fraction of sp³-hybridized carbons (Fsp3) is 0.520. The average molecular weight is 516 g/mol. The van der Waals surface area contributed by atoms with E-state index in [0.717, 1.165) is 42.7 Å². The second-order valence-corrected chi connectivity index (χ2v) is 11.9. The van der Waals surface area contributed by atoms with Gasteiger partial charge in [-0.05, 0) is 52.2 Å². The first-order chi connectivity index (χ1) is 16.6. The van der Waals surface area contributed by atoms with Crippen molar-refractivity contribution < 1.29 is 14.3 Å². The molecule has 35 heavy (non-hydrogen) atoms. The number of hydrogen-bond donors (Lipinski definition) is 2. The molecule has 188 valence electrons. The average Bonchev–Trinajstić information content (AvgIpc) is 3.37. The molecular formula is C25H33N5O3S2. The van der Waals surface area contributed by atoms with Gasteiger partial charge in [0.15, 0.2) is 0 Å². The summed E-state index contributed by atoms with van der Waals surface area (Å²) >= 11 is 3.12. The first-order valence-electron chi connectivity index (χ1n) is 12.0. The summed E-state index contributed by atoms with van der Waals surface area (Å²) in [6.45, 7) is 11.5. The molecule has 0 fully saturated rings. The van der Waals surface area contributed by atoms with Crippen molar-refractivity contribution in [3.8, 4) is 10.6 Å². The van der Waals surface area contributed by atoms with E-state index >= 15 is 0 Å². The topological polar surface area (TPSA) is 96.5 Å². The van der Waals surface area contributed by atoms with Crippen LogP contribution in [0, 0.1) is 0 Å². The Hall–Kier alpha value is -2.56. The summed E-state index contributed by atoms with van der Waals surface area (Å²) in [5.41, 5.74) is 2.41. The van der Waals surface area contributed by atoms with E-state index in [2.05, 4.69) is 29.5 Å². The second kappa shape index (κ2) is 10.6. The number of nitrogens with zero attached hydrogens (tertiary/aromatic N) is 3. The Morgan fingerprint density at radius 2 is 2.09 bits per heavy atom. The molecule has 0 bridgehead atoms. The number of nitrogens with one attached hydrogen (secondary N) is 2. The van der Waals surface area contributed by atoms with Gasteiger partial charge in [-0.2, -0.15) is 0 Å². The van der Waals surface area contributed by atoms with Gasteiger partial charge in [-0.1, -0.05) is 6.92 Å². The Bertz CT molecular complexity index is 1180. The van der Waals surface area contributed by atoms with Gasteiger partial charge >= 0.3 is 6.09 Å². The molecule has 2 amide bonds. The fourth-order valence-corrected chi connectivity index (χ4v) is 6.21. The molecule has 3 aromatic rings. The molecule has 0 aromatic carbocycles. The smallest absolute Gasteiger partial charge is 0.410 e. The molecule has 2 N–H and O–H groups in total. The zero-order valence-electron chi connectivity index (χ0n) is 20.9. The number of rotatable bonds is 7. The van der Waals surface area contributed by atoms with Gasteiger partial charge < -0.3 is 20.3 Å². The van der Waals surface area contributed by atoms with Gasteiger partial charge in [0, 0.05) is 42.2 Å². The van der Waals surface area contributed by atoms with Crippen LogP contribution in [-0.4, -0.2) is 51.6 Å². The quantitative estimate of drug-likeness (QED) is 0.436. The van der Waals surface area contributed by atoms with Crippen molar-refractivity contribution in [1.82, 2.24) is 20.2 Å². The lowest BCUT2D eigenvalue weighted by Gasteiger charge is -2.30. The van der Waals surface area contributed by atoms with Crippen LogP contribution < -0.4 is 10.6 Å². The molecule has 1 aliphatic heterocycles. The van der Waals surface area contributed by atoms with Gasteiger partial charge in [0.05, 0.1) is 17.4 Å². The number of carbonyl (C=O) groups excluding carboxylic acids is 2. The van der Waals surface area contributed by atoms with Crippen LogP contribution in [0.15, 0.2) is 18.5 Å². The van der Waals surface area contributed by atoms with E-state index in [0.29, 0.717) is 38.5 Å². The van der Waals surface area contributed by atoms with Crippen LogP contribution in [-0.2, 0) is 22.5 Å². The van der Waals surface area contributed by atoms with E-state index in [-0.39, 0.29) is 12.0 Å². The van der Waals surface area contributed by atoms with Gasteiger partial charge in [-0.25, -0.2) is 9.78 Å². The summed E-state index contributed by atoms with van der Waals surface area (Å²) in [5.74, 6) is -0.0348. The number of aromatic nitrogens is 2. The van der Waals surface area contributed by atoms with Crippen molar-refractivity contribution in [3.05, 3.63) is 28.9 Å². The number of thiazole rings is 1. The molecule has 10 heteroatoms. The summed E-state index contributed by atoms with van der Waals surface area (Å²) in [4.78, 5) is 37.3. The van der Waals surface area contributed by atoms with Crippen LogP contribution in [0.5, 0.6) is 0 Å². The summed E-state index contributed by atoms with van der Waals surface area (Å²) < 4.78 is 6.64. The normalized spacial score (nSPS) is 14.6. The van der Waals surface area contributed by atoms with E-state index in [4.69, 9.17) is 9.72 Å². The number of hydrogen-bond acceptors (Lipinski definition) is 8. The number of fused-ring (bicyclic) bond motifs is 2. The molecule has 4 rings (SSSR count). The summed E-state index contributed by atoms with van der Waals surface area (Å²) in [5, 5.41) is 8.16. The van der Waals surface area contributed by atoms with Crippen LogP contribution in [0.3, 0.4) is 0 Å². The molecule has 0 saturated heterocycles. The van der Waals surface area contributed by atoms with E-state index in [1.807, 2.05) is 26.8 Å². The summed E-state index contributed by atoms with van der Waals surface area (Å²) in [6, 6.07) is 2.33. The first kappa shape index (κ1) is 25.5. The van der Waals surface area contributed by atoms with E-state index in [1.54, 1.807) is 28.6 Å². The Morgan fingerprint density at radius 3 is 2.80 bits per heavy atom.